The van der Waals surface area contributed by atoms with Crippen molar-refractivity contribution in [2.75, 3.05) is 7.11 Å². The lowest BCUT2D eigenvalue weighted by Gasteiger charge is -2.23. The molecule has 1 fully saturated rings. The first-order chi connectivity index (χ1) is 7.72. The van der Waals surface area contributed by atoms with Crippen LogP contribution in [0.15, 0.2) is 24.3 Å². The average Bonchev–Trinajstić information content (AvgIpc) is 2.75. The van der Waals surface area contributed by atoms with Crippen molar-refractivity contribution in [3.05, 3.63) is 29.8 Å². The second-order valence-electron chi connectivity index (χ2n) is 4.87. The molecule has 1 aliphatic rings. The molecule has 1 aromatic rings. The monoisotopic (exact) mass is 219 g/mol. The van der Waals surface area contributed by atoms with Crippen LogP contribution in [-0.2, 0) is 0 Å². The summed E-state index contributed by atoms with van der Waals surface area (Å²) in [5.41, 5.74) is 7.58. The largest absolute Gasteiger partial charge is 0.497 e. The number of nitrogens with two attached hydrogens (primary N) is 1. The fraction of sp³-hybridized carbons (Fsp3) is 0.571. The van der Waals surface area contributed by atoms with Crippen LogP contribution in [0.4, 0.5) is 0 Å². The van der Waals surface area contributed by atoms with Gasteiger partial charge in [0, 0.05) is 6.04 Å². The summed E-state index contributed by atoms with van der Waals surface area (Å²) in [4.78, 5) is 0. The predicted molar refractivity (Wildman–Crippen MR) is 66.4 cm³/mol. The first kappa shape index (κ1) is 11.5. The standard InChI is InChI=1S/C14H21NO/c1-10-4-3-5-13(10)14(15)11-6-8-12(16-2)9-7-11/h6-10,13-14H,3-5,15H2,1-2H3. The normalized spacial score (nSPS) is 26.7. The summed E-state index contributed by atoms with van der Waals surface area (Å²) in [5, 5.41) is 0. The fourth-order valence-corrected chi connectivity index (χ4v) is 2.78. The van der Waals surface area contributed by atoms with Gasteiger partial charge in [-0.15, -0.1) is 0 Å². The smallest absolute Gasteiger partial charge is 0.118 e. The Kier molecular flexibility index (Phi) is 3.49. The molecule has 0 bridgehead atoms. The lowest BCUT2D eigenvalue weighted by molar-refractivity contribution is 0.350. The van der Waals surface area contributed by atoms with E-state index in [0.717, 1.165) is 11.7 Å². The van der Waals surface area contributed by atoms with Gasteiger partial charge in [0.1, 0.15) is 5.75 Å². The number of hydrogen-bond donors (Lipinski definition) is 1. The van der Waals surface area contributed by atoms with Crippen LogP contribution >= 0.6 is 0 Å². The third-order valence-electron chi connectivity index (χ3n) is 3.89. The van der Waals surface area contributed by atoms with Gasteiger partial charge in [-0.25, -0.2) is 0 Å². The first-order valence-electron chi connectivity index (χ1n) is 6.12. The zero-order chi connectivity index (χ0) is 11.5. The third kappa shape index (κ3) is 2.22. The van der Waals surface area contributed by atoms with Gasteiger partial charge in [0.2, 0.25) is 0 Å². The molecule has 1 aliphatic carbocycles. The maximum Gasteiger partial charge on any atom is 0.118 e. The van der Waals surface area contributed by atoms with E-state index in [1.165, 1.54) is 24.8 Å². The van der Waals surface area contributed by atoms with Crippen LogP contribution in [0.5, 0.6) is 5.75 Å². The number of ether oxygens (including phenoxy) is 1. The second kappa shape index (κ2) is 4.88. The van der Waals surface area contributed by atoms with Crippen LogP contribution < -0.4 is 10.5 Å². The van der Waals surface area contributed by atoms with E-state index in [1.54, 1.807) is 7.11 Å². The predicted octanol–water partition coefficient (Wildman–Crippen LogP) is 3.13. The molecule has 3 atom stereocenters. The van der Waals surface area contributed by atoms with Crippen LogP contribution in [0.1, 0.15) is 37.8 Å². The van der Waals surface area contributed by atoms with Gasteiger partial charge < -0.3 is 10.5 Å². The molecule has 0 heterocycles. The zero-order valence-corrected chi connectivity index (χ0v) is 10.1. The minimum atomic E-state index is 0.184. The van der Waals surface area contributed by atoms with Crippen molar-refractivity contribution in [3.8, 4) is 5.75 Å². The summed E-state index contributed by atoms with van der Waals surface area (Å²) in [6, 6.07) is 8.36. The first-order valence-corrected chi connectivity index (χ1v) is 6.12. The van der Waals surface area contributed by atoms with Crippen molar-refractivity contribution in [1.29, 1.82) is 0 Å². The zero-order valence-electron chi connectivity index (χ0n) is 10.1. The minimum Gasteiger partial charge on any atom is -0.497 e. The Balaban J connectivity index is 2.10. The molecule has 0 aliphatic heterocycles. The SMILES string of the molecule is COc1ccc(C(N)C2CCCC2C)cc1. The number of benzene rings is 1. The molecule has 0 saturated heterocycles. The molecule has 3 unspecified atom stereocenters. The molecule has 1 aromatic carbocycles. The summed E-state index contributed by atoms with van der Waals surface area (Å²) in [6.07, 6.45) is 3.93. The molecular formula is C14H21NO. The van der Waals surface area contributed by atoms with Crippen molar-refractivity contribution in [2.24, 2.45) is 17.6 Å². The van der Waals surface area contributed by atoms with Crippen molar-refractivity contribution >= 4 is 0 Å². The lowest BCUT2D eigenvalue weighted by atomic mass is 9.86. The highest BCUT2D eigenvalue weighted by molar-refractivity contribution is 5.29. The van der Waals surface area contributed by atoms with Crippen molar-refractivity contribution < 1.29 is 4.74 Å². The van der Waals surface area contributed by atoms with Crippen LogP contribution in [0, 0.1) is 11.8 Å². The van der Waals surface area contributed by atoms with E-state index in [1.807, 2.05) is 12.1 Å². The van der Waals surface area contributed by atoms with Crippen molar-refractivity contribution in [2.45, 2.75) is 32.2 Å². The Morgan fingerprint density at radius 3 is 2.44 bits per heavy atom. The molecule has 1 saturated carbocycles. The second-order valence-corrected chi connectivity index (χ2v) is 4.87. The van der Waals surface area contributed by atoms with E-state index in [-0.39, 0.29) is 6.04 Å². The number of rotatable bonds is 3. The molecule has 0 aromatic heterocycles. The van der Waals surface area contributed by atoms with Gasteiger partial charge in [-0.1, -0.05) is 31.9 Å². The van der Waals surface area contributed by atoms with Crippen molar-refractivity contribution in [1.82, 2.24) is 0 Å². The molecule has 2 N–H and O–H groups in total. The van der Waals surface area contributed by atoms with Gasteiger partial charge in [-0.05, 0) is 36.0 Å². The molecule has 2 rings (SSSR count). The van der Waals surface area contributed by atoms with Crippen molar-refractivity contribution in [3.63, 3.8) is 0 Å². The molecule has 2 nitrogen and oxygen atoms in total. The van der Waals surface area contributed by atoms with E-state index in [2.05, 4.69) is 19.1 Å². The Labute approximate surface area is 97.8 Å². The topological polar surface area (TPSA) is 35.2 Å². The molecule has 0 radical (unpaired) electrons. The van der Waals surface area contributed by atoms with Gasteiger partial charge in [-0.3, -0.25) is 0 Å². The lowest BCUT2D eigenvalue weighted by Crippen LogP contribution is -2.23. The van der Waals surface area contributed by atoms with Gasteiger partial charge in [0.05, 0.1) is 7.11 Å². The van der Waals surface area contributed by atoms with Crippen LogP contribution in [-0.4, -0.2) is 7.11 Å². The van der Waals surface area contributed by atoms with E-state index in [4.69, 9.17) is 10.5 Å². The Morgan fingerprint density at radius 1 is 1.25 bits per heavy atom. The highest BCUT2D eigenvalue weighted by Crippen LogP contribution is 2.38. The Hall–Kier alpha value is -1.02. The summed E-state index contributed by atoms with van der Waals surface area (Å²) in [7, 11) is 1.69. The Bertz CT molecular complexity index is 333. The summed E-state index contributed by atoms with van der Waals surface area (Å²) in [5.74, 6) is 2.31. The quantitative estimate of drug-likeness (QED) is 0.847. The highest BCUT2D eigenvalue weighted by Gasteiger charge is 2.29. The average molecular weight is 219 g/mol. The molecular weight excluding hydrogens is 198 g/mol. The maximum absolute atomic E-state index is 6.34. The molecule has 0 amide bonds. The molecule has 16 heavy (non-hydrogen) atoms. The van der Waals surface area contributed by atoms with Gasteiger partial charge in [-0.2, -0.15) is 0 Å². The fourth-order valence-electron chi connectivity index (χ4n) is 2.78. The van der Waals surface area contributed by atoms with E-state index < -0.39 is 0 Å². The van der Waals surface area contributed by atoms with Crippen LogP contribution in [0.3, 0.4) is 0 Å². The highest BCUT2D eigenvalue weighted by atomic mass is 16.5. The summed E-state index contributed by atoms with van der Waals surface area (Å²) < 4.78 is 5.15. The third-order valence-corrected chi connectivity index (χ3v) is 3.89. The van der Waals surface area contributed by atoms with Gasteiger partial charge >= 0.3 is 0 Å². The van der Waals surface area contributed by atoms with E-state index in [9.17, 15) is 0 Å². The molecule has 88 valence electrons. The number of hydrogen-bond acceptors (Lipinski definition) is 2. The molecule has 2 heteroatoms. The number of methoxy groups -OCH3 is 1. The van der Waals surface area contributed by atoms with Crippen LogP contribution in [0.2, 0.25) is 0 Å². The van der Waals surface area contributed by atoms with Gasteiger partial charge in [0.25, 0.3) is 0 Å². The van der Waals surface area contributed by atoms with Gasteiger partial charge in [0.15, 0.2) is 0 Å². The summed E-state index contributed by atoms with van der Waals surface area (Å²) >= 11 is 0. The Morgan fingerprint density at radius 2 is 1.94 bits per heavy atom. The molecule has 0 spiro atoms. The minimum absolute atomic E-state index is 0.184. The van der Waals surface area contributed by atoms with E-state index >= 15 is 0 Å². The summed E-state index contributed by atoms with van der Waals surface area (Å²) in [6.45, 7) is 2.32. The van der Waals surface area contributed by atoms with E-state index in [0.29, 0.717) is 5.92 Å². The maximum atomic E-state index is 6.34. The van der Waals surface area contributed by atoms with Crippen LogP contribution in [0.25, 0.3) is 0 Å².